The molecule has 3 rings (SSSR count). The second kappa shape index (κ2) is 5.89. The molecule has 0 aliphatic rings. The monoisotopic (exact) mass is 360 g/mol. The fourth-order valence-corrected chi connectivity index (χ4v) is 3.75. The number of sulfonamides is 1. The van der Waals surface area contributed by atoms with E-state index in [0.29, 0.717) is 11.2 Å². The lowest BCUT2D eigenvalue weighted by Gasteiger charge is -2.11. The molecule has 8 heteroatoms. The lowest BCUT2D eigenvalue weighted by Crippen LogP contribution is -2.23. The number of anilines is 1. The Morgan fingerprint density at radius 2 is 1.64 bits per heavy atom. The van der Waals surface area contributed by atoms with Crippen LogP contribution in [0.2, 0.25) is 0 Å². The Morgan fingerprint density at radius 3 is 2.28 bits per heavy atom. The van der Waals surface area contributed by atoms with Crippen LogP contribution in [0, 0.1) is 13.8 Å². The van der Waals surface area contributed by atoms with Crippen LogP contribution in [-0.4, -0.2) is 13.0 Å². The van der Waals surface area contributed by atoms with E-state index in [4.69, 9.17) is 0 Å². The maximum Gasteiger partial charge on any atom is 0.422 e. The van der Waals surface area contributed by atoms with Crippen LogP contribution in [0.25, 0.3) is 10.9 Å². The Bertz CT molecular complexity index is 1190. The van der Waals surface area contributed by atoms with Crippen molar-refractivity contribution in [1.82, 2.24) is 4.57 Å². The summed E-state index contributed by atoms with van der Waals surface area (Å²) in [5, 5.41) is 0.0189. The summed E-state index contributed by atoms with van der Waals surface area (Å²) in [6.45, 7) is 3.74. The minimum Gasteiger partial charge on any atom is -0.372 e. The number of fused-ring (bicyclic) bond motifs is 1. The van der Waals surface area contributed by atoms with Gasteiger partial charge in [-0.25, -0.2) is 18.0 Å². The molecule has 0 aliphatic carbocycles. The highest BCUT2D eigenvalue weighted by Gasteiger charge is 2.17. The minimum atomic E-state index is -3.90. The zero-order valence-electron chi connectivity index (χ0n) is 13.9. The number of hydrogen-bond donors (Lipinski definition) is 1. The second-order valence-electron chi connectivity index (χ2n) is 5.88. The molecular formula is C17H16N2O5S. The van der Waals surface area contributed by atoms with Crippen LogP contribution in [0.3, 0.4) is 0 Å². The highest BCUT2D eigenvalue weighted by molar-refractivity contribution is 7.92. The van der Waals surface area contributed by atoms with Crippen molar-refractivity contribution >= 4 is 26.6 Å². The van der Waals surface area contributed by atoms with E-state index in [1.807, 2.05) is 19.9 Å². The molecule has 2 aromatic carbocycles. The third kappa shape index (κ3) is 3.20. The average molecular weight is 360 g/mol. The van der Waals surface area contributed by atoms with Gasteiger partial charge < -0.3 is 4.42 Å². The van der Waals surface area contributed by atoms with E-state index in [-0.39, 0.29) is 10.3 Å². The summed E-state index contributed by atoms with van der Waals surface area (Å²) < 4.78 is 33.5. The van der Waals surface area contributed by atoms with Gasteiger partial charge in [0.2, 0.25) is 0 Å². The molecule has 0 fully saturated rings. The summed E-state index contributed by atoms with van der Waals surface area (Å²) >= 11 is 0. The summed E-state index contributed by atoms with van der Waals surface area (Å²) in [5.41, 5.74) is 1.71. The zero-order chi connectivity index (χ0) is 18.4. The molecule has 1 aromatic heterocycles. The van der Waals surface area contributed by atoms with Crippen molar-refractivity contribution < 1.29 is 12.8 Å². The first-order valence-corrected chi connectivity index (χ1v) is 8.91. The molecule has 0 atom stereocenters. The van der Waals surface area contributed by atoms with Crippen LogP contribution >= 0.6 is 0 Å². The highest BCUT2D eigenvalue weighted by Crippen LogP contribution is 2.21. The van der Waals surface area contributed by atoms with E-state index >= 15 is 0 Å². The number of benzene rings is 2. The molecule has 3 aromatic rings. The first kappa shape index (κ1) is 17.0. The summed E-state index contributed by atoms with van der Waals surface area (Å²) in [7, 11) is -2.46. The predicted octanol–water partition coefficient (Wildman–Crippen LogP) is 1.91. The van der Waals surface area contributed by atoms with Gasteiger partial charge in [0.25, 0.3) is 10.0 Å². The van der Waals surface area contributed by atoms with Crippen LogP contribution in [-0.2, 0) is 17.1 Å². The molecular weight excluding hydrogens is 344 g/mol. The largest absolute Gasteiger partial charge is 0.422 e. The van der Waals surface area contributed by atoms with Gasteiger partial charge >= 0.3 is 11.4 Å². The van der Waals surface area contributed by atoms with Gasteiger partial charge in [0, 0.05) is 12.7 Å². The fraction of sp³-hybridized carbons (Fsp3) is 0.176. The third-order valence-electron chi connectivity index (χ3n) is 3.79. The van der Waals surface area contributed by atoms with E-state index in [1.165, 1.54) is 25.2 Å². The molecule has 0 bridgehead atoms. The summed E-state index contributed by atoms with van der Waals surface area (Å²) in [6.07, 6.45) is 0. The lowest BCUT2D eigenvalue weighted by atomic mass is 10.1. The van der Waals surface area contributed by atoms with E-state index in [0.717, 1.165) is 15.7 Å². The molecule has 0 spiro atoms. The third-order valence-corrected chi connectivity index (χ3v) is 5.17. The van der Waals surface area contributed by atoms with Crippen molar-refractivity contribution in [3.63, 3.8) is 0 Å². The number of aryl methyl sites for hydroxylation is 3. The van der Waals surface area contributed by atoms with Gasteiger partial charge in [-0.2, -0.15) is 0 Å². The van der Waals surface area contributed by atoms with Gasteiger partial charge in [0.1, 0.15) is 0 Å². The predicted molar refractivity (Wildman–Crippen MR) is 94.4 cm³/mol. The Kier molecular flexibility index (Phi) is 4.00. The lowest BCUT2D eigenvalue weighted by molar-refractivity contribution is 0.432. The Morgan fingerprint density at radius 1 is 1.00 bits per heavy atom. The van der Waals surface area contributed by atoms with Crippen molar-refractivity contribution in [3.05, 3.63) is 68.5 Å². The van der Waals surface area contributed by atoms with E-state index in [1.54, 1.807) is 12.1 Å². The van der Waals surface area contributed by atoms with Crippen LogP contribution in [0.5, 0.6) is 0 Å². The van der Waals surface area contributed by atoms with E-state index in [9.17, 15) is 18.0 Å². The van der Waals surface area contributed by atoms with Crippen molar-refractivity contribution in [2.75, 3.05) is 4.72 Å². The first-order chi connectivity index (χ1) is 11.7. The number of rotatable bonds is 3. The molecule has 25 heavy (non-hydrogen) atoms. The minimum absolute atomic E-state index is 0.0189. The molecule has 0 aliphatic heterocycles. The maximum absolute atomic E-state index is 12.6. The molecule has 1 N–H and O–H groups in total. The summed E-state index contributed by atoms with van der Waals surface area (Å²) in [4.78, 5) is 23.3. The molecule has 0 saturated heterocycles. The average Bonchev–Trinajstić information content (AvgIpc) is 2.50. The van der Waals surface area contributed by atoms with Gasteiger partial charge in [-0.1, -0.05) is 6.07 Å². The molecule has 130 valence electrons. The first-order valence-electron chi connectivity index (χ1n) is 7.42. The Balaban J connectivity index is 2.11. The number of nitrogens with zero attached hydrogens (tertiary/aromatic N) is 1. The fourth-order valence-electron chi connectivity index (χ4n) is 2.69. The van der Waals surface area contributed by atoms with Crippen LogP contribution in [0.15, 0.2) is 55.3 Å². The Labute approximate surface area is 143 Å². The SMILES string of the molecule is Cc1cc(C)cc(NS(=O)(=O)c2ccc3c(c2)c(=O)oc(=O)n3C)c1. The molecule has 7 nitrogen and oxygen atoms in total. The second-order valence-corrected chi connectivity index (χ2v) is 7.56. The Hall–Kier alpha value is -2.87. The normalized spacial score (nSPS) is 11.6. The smallest absolute Gasteiger partial charge is 0.372 e. The summed E-state index contributed by atoms with van der Waals surface area (Å²) in [6, 6.07) is 9.30. The highest BCUT2D eigenvalue weighted by atomic mass is 32.2. The van der Waals surface area contributed by atoms with Crippen molar-refractivity contribution in [1.29, 1.82) is 0 Å². The standard InChI is InChI=1S/C17H16N2O5S/c1-10-6-11(2)8-12(7-10)18-25(22,23)13-4-5-15-14(9-13)16(20)24-17(21)19(15)3/h4-9,18H,1-3H3. The zero-order valence-corrected chi connectivity index (χ0v) is 14.7. The molecule has 0 saturated carbocycles. The van der Waals surface area contributed by atoms with Gasteiger partial charge in [0.15, 0.2) is 0 Å². The van der Waals surface area contributed by atoms with Crippen molar-refractivity contribution in [3.8, 4) is 0 Å². The van der Waals surface area contributed by atoms with E-state index < -0.39 is 21.4 Å². The molecule has 1 heterocycles. The number of hydrogen-bond acceptors (Lipinski definition) is 5. The number of nitrogens with one attached hydrogen (secondary N) is 1. The molecule has 0 unspecified atom stereocenters. The number of aromatic nitrogens is 1. The quantitative estimate of drug-likeness (QED) is 0.769. The van der Waals surface area contributed by atoms with Crippen molar-refractivity contribution in [2.45, 2.75) is 18.7 Å². The van der Waals surface area contributed by atoms with Crippen LogP contribution in [0.1, 0.15) is 11.1 Å². The molecule has 0 amide bonds. The topological polar surface area (TPSA) is 98.4 Å². The van der Waals surface area contributed by atoms with Gasteiger partial charge in [0.05, 0.1) is 15.8 Å². The van der Waals surface area contributed by atoms with Crippen LogP contribution < -0.4 is 16.1 Å². The molecule has 0 radical (unpaired) electrons. The van der Waals surface area contributed by atoms with Gasteiger partial charge in [-0.3, -0.25) is 9.29 Å². The maximum atomic E-state index is 12.6. The van der Waals surface area contributed by atoms with E-state index in [2.05, 4.69) is 9.14 Å². The van der Waals surface area contributed by atoms with Crippen LogP contribution in [0.4, 0.5) is 5.69 Å². The summed E-state index contributed by atoms with van der Waals surface area (Å²) in [5.74, 6) is -0.804. The van der Waals surface area contributed by atoms with Gasteiger partial charge in [-0.15, -0.1) is 0 Å². The van der Waals surface area contributed by atoms with Gasteiger partial charge in [-0.05, 0) is 55.3 Å². The van der Waals surface area contributed by atoms with Crippen molar-refractivity contribution in [2.24, 2.45) is 7.05 Å².